The highest BCUT2D eigenvalue weighted by Crippen LogP contribution is 2.48. The SMILES string of the molecule is CCCCCCCCCCCCCCCCCOP(=O)(CC)OOc1cccc2ccccc12. The van der Waals surface area contributed by atoms with Crippen LogP contribution in [0.3, 0.4) is 0 Å². The second-order valence-electron chi connectivity index (χ2n) is 9.35. The molecule has 0 N–H and O–H groups in total. The zero-order valence-corrected chi connectivity index (χ0v) is 22.5. The molecule has 0 aliphatic carbocycles. The molecule has 0 aliphatic rings. The molecule has 0 bridgehead atoms. The van der Waals surface area contributed by atoms with E-state index in [0.29, 0.717) is 12.4 Å². The van der Waals surface area contributed by atoms with Gasteiger partial charge in [0.25, 0.3) is 0 Å². The zero-order chi connectivity index (χ0) is 24.3. The molecular formula is C29H47O4P. The summed E-state index contributed by atoms with van der Waals surface area (Å²) in [7, 11) is -3.25. The second kappa shape index (κ2) is 18.0. The Hall–Kier alpha value is -1.35. The number of rotatable bonds is 21. The maximum atomic E-state index is 12.9. The highest BCUT2D eigenvalue weighted by molar-refractivity contribution is 7.53. The van der Waals surface area contributed by atoms with Crippen molar-refractivity contribution in [3.63, 3.8) is 0 Å². The van der Waals surface area contributed by atoms with Crippen LogP contribution in [0.5, 0.6) is 5.75 Å². The van der Waals surface area contributed by atoms with Crippen LogP contribution in [0.2, 0.25) is 0 Å². The minimum absolute atomic E-state index is 0.288. The molecule has 1 unspecified atom stereocenters. The molecule has 0 spiro atoms. The highest BCUT2D eigenvalue weighted by atomic mass is 31.2. The lowest BCUT2D eigenvalue weighted by Gasteiger charge is -2.16. The van der Waals surface area contributed by atoms with Crippen molar-refractivity contribution in [2.24, 2.45) is 0 Å². The monoisotopic (exact) mass is 490 g/mol. The van der Waals surface area contributed by atoms with Gasteiger partial charge in [0, 0.05) is 5.39 Å². The van der Waals surface area contributed by atoms with Gasteiger partial charge in [0.2, 0.25) is 0 Å². The summed E-state index contributed by atoms with van der Waals surface area (Å²) in [4.78, 5) is 5.47. The Balaban J connectivity index is 1.48. The Kier molecular flexibility index (Phi) is 15.3. The van der Waals surface area contributed by atoms with E-state index in [9.17, 15) is 4.57 Å². The first-order valence-electron chi connectivity index (χ1n) is 13.8. The summed E-state index contributed by atoms with van der Waals surface area (Å²) >= 11 is 0. The van der Waals surface area contributed by atoms with E-state index in [4.69, 9.17) is 14.1 Å². The molecule has 0 saturated carbocycles. The van der Waals surface area contributed by atoms with Crippen molar-refractivity contribution in [2.75, 3.05) is 12.8 Å². The number of hydrogen-bond acceptors (Lipinski definition) is 4. The van der Waals surface area contributed by atoms with Gasteiger partial charge in [-0.15, -0.1) is 0 Å². The van der Waals surface area contributed by atoms with Gasteiger partial charge in [0.1, 0.15) is 0 Å². The molecule has 34 heavy (non-hydrogen) atoms. The lowest BCUT2D eigenvalue weighted by molar-refractivity contribution is -0.111. The highest BCUT2D eigenvalue weighted by Gasteiger charge is 2.24. The fraction of sp³-hybridized carbons (Fsp3) is 0.655. The quantitative estimate of drug-likeness (QED) is 0.0755. The normalized spacial score (nSPS) is 13.2. The Morgan fingerprint density at radius 2 is 1.18 bits per heavy atom. The molecule has 2 aromatic rings. The van der Waals surface area contributed by atoms with Crippen LogP contribution in [-0.2, 0) is 13.8 Å². The van der Waals surface area contributed by atoms with E-state index in [0.717, 1.165) is 23.6 Å². The summed E-state index contributed by atoms with van der Waals surface area (Å²) < 4.78 is 23.8. The van der Waals surface area contributed by atoms with Gasteiger partial charge in [-0.2, -0.15) is 0 Å². The molecule has 0 amide bonds. The summed E-state index contributed by atoms with van der Waals surface area (Å²) in [6.45, 7) is 4.53. The standard InChI is InChI=1S/C29H47O4P/c1-3-5-6-7-8-9-10-11-12-13-14-15-16-17-20-26-31-34(30,4-2)33-32-29-25-21-23-27-22-18-19-24-28(27)29/h18-19,21-25H,3-17,20,26H2,1-2H3. The largest absolute Gasteiger partial charge is 0.368 e. The topological polar surface area (TPSA) is 44.8 Å². The van der Waals surface area contributed by atoms with Gasteiger partial charge in [0.15, 0.2) is 5.75 Å². The molecule has 1 atom stereocenters. The van der Waals surface area contributed by atoms with Crippen molar-refractivity contribution in [3.8, 4) is 5.75 Å². The zero-order valence-electron chi connectivity index (χ0n) is 21.6. The maximum Gasteiger partial charge on any atom is 0.368 e. The minimum Gasteiger partial charge on any atom is -0.328 e. The van der Waals surface area contributed by atoms with Crippen molar-refractivity contribution in [1.82, 2.24) is 0 Å². The molecule has 192 valence electrons. The Morgan fingerprint density at radius 1 is 0.647 bits per heavy atom. The third kappa shape index (κ3) is 11.9. The maximum absolute atomic E-state index is 12.9. The minimum atomic E-state index is -3.25. The van der Waals surface area contributed by atoms with Crippen LogP contribution in [0.25, 0.3) is 10.8 Å². The third-order valence-electron chi connectivity index (χ3n) is 6.41. The van der Waals surface area contributed by atoms with Gasteiger partial charge in [0.05, 0.1) is 12.8 Å². The van der Waals surface area contributed by atoms with Crippen LogP contribution in [0, 0.1) is 0 Å². The number of hydrogen-bond donors (Lipinski definition) is 0. The van der Waals surface area contributed by atoms with Crippen molar-refractivity contribution >= 4 is 18.4 Å². The lowest BCUT2D eigenvalue weighted by Crippen LogP contribution is -2.03. The predicted octanol–water partition coefficient (Wildman–Crippen LogP) is 10.3. The smallest absolute Gasteiger partial charge is 0.328 e. The van der Waals surface area contributed by atoms with Crippen LogP contribution < -0.4 is 4.89 Å². The Bertz CT molecular complexity index is 817. The number of unbranched alkanes of at least 4 members (excludes halogenated alkanes) is 14. The number of fused-ring (bicyclic) bond motifs is 1. The predicted molar refractivity (Wildman–Crippen MR) is 145 cm³/mol. The molecular weight excluding hydrogens is 443 g/mol. The van der Waals surface area contributed by atoms with E-state index in [1.54, 1.807) is 6.92 Å². The van der Waals surface area contributed by atoms with E-state index < -0.39 is 7.60 Å². The Morgan fingerprint density at radius 3 is 1.76 bits per heavy atom. The molecule has 2 rings (SSSR count). The van der Waals surface area contributed by atoms with E-state index in [1.807, 2.05) is 42.5 Å². The average molecular weight is 491 g/mol. The van der Waals surface area contributed by atoms with Crippen molar-refractivity contribution in [3.05, 3.63) is 42.5 Å². The molecule has 0 radical (unpaired) electrons. The molecule has 5 heteroatoms. The van der Waals surface area contributed by atoms with Crippen molar-refractivity contribution < 1.29 is 18.7 Å². The van der Waals surface area contributed by atoms with Gasteiger partial charge in [-0.3, -0.25) is 4.57 Å². The van der Waals surface area contributed by atoms with E-state index in [-0.39, 0.29) is 6.16 Å². The summed E-state index contributed by atoms with van der Waals surface area (Å²) in [6, 6.07) is 13.6. The number of benzene rings is 2. The van der Waals surface area contributed by atoms with Gasteiger partial charge in [-0.1, -0.05) is 145 Å². The molecule has 0 aliphatic heterocycles. The molecule has 0 heterocycles. The first kappa shape index (κ1) is 28.9. The second-order valence-corrected chi connectivity index (χ2v) is 11.6. The first-order valence-corrected chi connectivity index (χ1v) is 15.5. The van der Waals surface area contributed by atoms with E-state index in [2.05, 4.69) is 6.92 Å². The molecule has 4 nitrogen and oxygen atoms in total. The molecule has 0 saturated heterocycles. The third-order valence-corrected chi connectivity index (χ3v) is 8.07. The fourth-order valence-corrected chi connectivity index (χ4v) is 5.14. The first-order chi connectivity index (χ1) is 16.7. The van der Waals surface area contributed by atoms with Crippen LogP contribution in [0.15, 0.2) is 42.5 Å². The lowest BCUT2D eigenvalue weighted by atomic mass is 10.0. The average Bonchev–Trinajstić information content (AvgIpc) is 2.87. The van der Waals surface area contributed by atoms with E-state index >= 15 is 0 Å². The van der Waals surface area contributed by atoms with Crippen LogP contribution >= 0.6 is 7.60 Å². The molecule has 2 aromatic carbocycles. The Labute approximate surface area is 208 Å². The van der Waals surface area contributed by atoms with Gasteiger partial charge < -0.3 is 9.41 Å². The molecule has 0 fully saturated rings. The van der Waals surface area contributed by atoms with E-state index in [1.165, 1.54) is 83.5 Å². The summed E-state index contributed by atoms with van der Waals surface area (Å²) in [5, 5.41) is 1.98. The summed E-state index contributed by atoms with van der Waals surface area (Å²) in [5.74, 6) is 0.558. The van der Waals surface area contributed by atoms with Gasteiger partial charge in [-0.05, 0) is 17.9 Å². The fourth-order valence-electron chi connectivity index (χ4n) is 4.21. The van der Waals surface area contributed by atoms with Gasteiger partial charge in [-0.25, -0.2) is 0 Å². The van der Waals surface area contributed by atoms with Gasteiger partial charge >= 0.3 is 7.60 Å². The summed E-state index contributed by atoms with van der Waals surface area (Å²) in [5.41, 5.74) is 0. The summed E-state index contributed by atoms with van der Waals surface area (Å²) in [6.07, 6.45) is 20.1. The van der Waals surface area contributed by atoms with Crippen molar-refractivity contribution in [2.45, 2.75) is 110 Å². The van der Waals surface area contributed by atoms with Crippen LogP contribution in [-0.4, -0.2) is 12.8 Å². The van der Waals surface area contributed by atoms with Crippen LogP contribution in [0.1, 0.15) is 110 Å². The molecule has 0 aromatic heterocycles. The van der Waals surface area contributed by atoms with Crippen molar-refractivity contribution in [1.29, 1.82) is 0 Å². The van der Waals surface area contributed by atoms with Crippen LogP contribution in [0.4, 0.5) is 0 Å².